The number of ether oxygens (including phenoxy) is 1. The van der Waals surface area contributed by atoms with Crippen LogP contribution in [0.15, 0.2) is 53.8 Å². The van der Waals surface area contributed by atoms with Crippen LogP contribution < -0.4 is 15.4 Å². The van der Waals surface area contributed by atoms with Gasteiger partial charge in [-0.25, -0.2) is 4.98 Å². The molecule has 0 spiro atoms. The molecule has 0 aliphatic heterocycles. The number of nitrogens with one attached hydrogen (secondary N) is 2. The lowest BCUT2D eigenvalue weighted by atomic mass is 10.1. The van der Waals surface area contributed by atoms with Crippen molar-refractivity contribution in [2.75, 3.05) is 20.2 Å². The summed E-state index contributed by atoms with van der Waals surface area (Å²) < 4.78 is 8.11. The Morgan fingerprint density at radius 2 is 2.10 bits per heavy atom. The molecule has 1 aliphatic rings. The van der Waals surface area contributed by atoms with Crippen molar-refractivity contribution in [3.05, 3.63) is 65.6 Å². The van der Waals surface area contributed by atoms with Gasteiger partial charge in [0.25, 0.3) is 0 Å². The fourth-order valence-electron chi connectivity index (χ4n) is 3.25. The highest BCUT2D eigenvalue weighted by molar-refractivity contribution is 14.0. The Balaban J connectivity index is 0.00000256. The number of hydrogen-bond acceptors (Lipinski definition) is 3. The molecule has 0 atom stereocenters. The van der Waals surface area contributed by atoms with Gasteiger partial charge >= 0.3 is 0 Å². The van der Waals surface area contributed by atoms with E-state index in [2.05, 4.69) is 51.9 Å². The summed E-state index contributed by atoms with van der Waals surface area (Å²) in [4.78, 5) is 8.97. The van der Waals surface area contributed by atoms with Gasteiger partial charge in [0, 0.05) is 44.5 Å². The third kappa shape index (κ3) is 6.10. The van der Waals surface area contributed by atoms with Gasteiger partial charge in [0.05, 0.1) is 12.3 Å². The number of benzene rings is 1. The summed E-state index contributed by atoms with van der Waals surface area (Å²) in [6.07, 6.45) is 7.51. The molecule has 6 nitrogen and oxygen atoms in total. The maximum Gasteiger partial charge on any atom is 0.191 e. The standard InChI is InChI=1S/C23H29N5O.HI/c1-17-6-9-19(21(13-17)29-16-18-7-8-18)14-26-23(24-2)25-11-10-20-15-28-12-4-3-5-22(28)27-20;/h3-6,9,12-13,15,18H,7-8,10-11,14,16H2,1-2H3,(H2,24,25,26);1H. The number of aromatic nitrogens is 2. The zero-order chi connectivity index (χ0) is 20.1. The second kappa shape index (κ2) is 10.7. The van der Waals surface area contributed by atoms with E-state index in [0.29, 0.717) is 6.54 Å². The van der Waals surface area contributed by atoms with Crippen molar-refractivity contribution in [3.8, 4) is 5.75 Å². The van der Waals surface area contributed by atoms with Crippen LogP contribution in [0.4, 0.5) is 0 Å². The summed E-state index contributed by atoms with van der Waals surface area (Å²) in [5, 5.41) is 6.77. The Labute approximate surface area is 195 Å². The van der Waals surface area contributed by atoms with Crippen molar-refractivity contribution in [1.29, 1.82) is 0 Å². The van der Waals surface area contributed by atoms with Gasteiger partial charge in [0.15, 0.2) is 5.96 Å². The SMILES string of the molecule is CN=C(NCCc1cn2ccccc2n1)NCc1ccc(C)cc1OCC1CC1.I. The number of guanidine groups is 1. The number of hydrogen-bond donors (Lipinski definition) is 2. The molecule has 2 heterocycles. The summed E-state index contributed by atoms with van der Waals surface area (Å²) in [6.45, 7) is 4.36. The van der Waals surface area contributed by atoms with E-state index in [4.69, 9.17) is 4.74 Å². The second-order valence-electron chi connectivity index (χ2n) is 7.67. The Hall–Kier alpha value is -2.29. The number of aryl methyl sites for hydroxylation is 1. The minimum atomic E-state index is 0. The van der Waals surface area contributed by atoms with Crippen LogP contribution in [0.25, 0.3) is 5.65 Å². The van der Waals surface area contributed by atoms with Crippen LogP contribution in [0.1, 0.15) is 29.7 Å². The first kappa shape index (κ1) is 22.4. The number of pyridine rings is 1. The van der Waals surface area contributed by atoms with Gasteiger partial charge in [-0.15, -0.1) is 24.0 Å². The Bertz CT molecular complexity index is 963. The zero-order valence-corrected chi connectivity index (χ0v) is 19.9. The van der Waals surface area contributed by atoms with Crippen molar-refractivity contribution in [1.82, 2.24) is 20.0 Å². The fourth-order valence-corrected chi connectivity index (χ4v) is 3.25. The molecule has 3 aromatic rings. The molecule has 30 heavy (non-hydrogen) atoms. The fraction of sp³-hybridized carbons (Fsp3) is 0.391. The molecule has 2 aromatic heterocycles. The van der Waals surface area contributed by atoms with Gasteiger partial charge in [-0.3, -0.25) is 4.99 Å². The molecule has 0 unspecified atom stereocenters. The van der Waals surface area contributed by atoms with E-state index in [0.717, 1.165) is 54.1 Å². The molecule has 4 rings (SSSR count). The first-order chi connectivity index (χ1) is 14.2. The smallest absolute Gasteiger partial charge is 0.191 e. The molecule has 1 aliphatic carbocycles. The Morgan fingerprint density at radius 3 is 2.87 bits per heavy atom. The average molecular weight is 519 g/mol. The maximum atomic E-state index is 6.06. The number of rotatable bonds is 8. The molecule has 0 bridgehead atoms. The molecular formula is C23H30IN5O. The molecule has 0 radical (unpaired) electrons. The molecule has 1 aromatic carbocycles. The van der Waals surface area contributed by atoms with Crippen LogP contribution in [-0.4, -0.2) is 35.5 Å². The van der Waals surface area contributed by atoms with Crippen molar-refractivity contribution >= 4 is 35.6 Å². The molecule has 0 saturated heterocycles. The summed E-state index contributed by atoms with van der Waals surface area (Å²) in [5.41, 5.74) is 4.41. The minimum absolute atomic E-state index is 0. The number of imidazole rings is 1. The van der Waals surface area contributed by atoms with E-state index in [1.807, 2.05) is 28.8 Å². The van der Waals surface area contributed by atoms with Gasteiger partial charge < -0.3 is 19.8 Å². The van der Waals surface area contributed by atoms with E-state index >= 15 is 0 Å². The summed E-state index contributed by atoms with van der Waals surface area (Å²) in [6, 6.07) is 12.4. The van der Waals surface area contributed by atoms with Crippen LogP contribution in [-0.2, 0) is 13.0 Å². The molecule has 7 heteroatoms. The van der Waals surface area contributed by atoms with Crippen LogP contribution >= 0.6 is 24.0 Å². The molecule has 2 N–H and O–H groups in total. The molecular weight excluding hydrogens is 489 g/mol. The predicted octanol–water partition coefficient (Wildman–Crippen LogP) is 3.96. The number of fused-ring (bicyclic) bond motifs is 1. The Kier molecular flexibility index (Phi) is 7.95. The van der Waals surface area contributed by atoms with E-state index in [9.17, 15) is 0 Å². The van der Waals surface area contributed by atoms with E-state index in [1.165, 1.54) is 18.4 Å². The van der Waals surface area contributed by atoms with E-state index in [1.54, 1.807) is 7.05 Å². The van der Waals surface area contributed by atoms with Crippen molar-refractivity contribution < 1.29 is 4.74 Å². The highest BCUT2D eigenvalue weighted by atomic mass is 127. The minimum Gasteiger partial charge on any atom is -0.493 e. The summed E-state index contributed by atoms with van der Waals surface area (Å²) in [7, 11) is 1.79. The monoisotopic (exact) mass is 519 g/mol. The van der Waals surface area contributed by atoms with Gasteiger partial charge in [-0.1, -0.05) is 18.2 Å². The maximum absolute atomic E-state index is 6.06. The molecule has 0 amide bonds. The number of nitrogens with zero attached hydrogens (tertiary/aromatic N) is 3. The van der Waals surface area contributed by atoms with Crippen LogP contribution in [0.5, 0.6) is 5.75 Å². The lowest BCUT2D eigenvalue weighted by molar-refractivity contribution is 0.296. The largest absolute Gasteiger partial charge is 0.493 e. The molecule has 160 valence electrons. The quantitative estimate of drug-likeness (QED) is 0.269. The van der Waals surface area contributed by atoms with Crippen molar-refractivity contribution in [3.63, 3.8) is 0 Å². The summed E-state index contributed by atoms with van der Waals surface area (Å²) >= 11 is 0. The first-order valence-electron chi connectivity index (χ1n) is 10.3. The lowest BCUT2D eigenvalue weighted by Crippen LogP contribution is -2.38. The van der Waals surface area contributed by atoms with E-state index < -0.39 is 0 Å². The molecule has 1 fully saturated rings. The van der Waals surface area contributed by atoms with Crippen LogP contribution in [0.2, 0.25) is 0 Å². The number of halogens is 1. The first-order valence-corrected chi connectivity index (χ1v) is 10.3. The normalized spacial score (nSPS) is 13.7. The predicted molar refractivity (Wildman–Crippen MR) is 132 cm³/mol. The molecule has 1 saturated carbocycles. The van der Waals surface area contributed by atoms with Gasteiger partial charge in [-0.2, -0.15) is 0 Å². The van der Waals surface area contributed by atoms with E-state index in [-0.39, 0.29) is 24.0 Å². The van der Waals surface area contributed by atoms with Crippen LogP contribution in [0.3, 0.4) is 0 Å². The highest BCUT2D eigenvalue weighted by Crippen LogP contribution is 2.30. The van der Waals surface area contributed by atoms with Gasteiger partial charge in [0.2, 0.25) is 0 Å². The lowest BCUT2D eigenvalue weighted by Gasteiger charge is -2.15. The number of aliphatic imine (C=N–C) groups is 1. The highest BCUT2D eigenvalue weighted by Gasteiger charge is 2.22. The second-order valence-corrected chi connectivity index (χ2v) is 7.67. The average Bonchev–Trinajstić information content (AvgIpc) is 3.47. The zero-order valence-electron chi connectivity index (χ0n) is 17.6. The Morgan fingerprint density at radius 1 is 1.23 bits per heavy atom. The van der Waals surface area contributed by atoms with Crippen molar-refractivity contribution in [2.45, 2.75) is 32.7 Å². The third-order valence-electron chi connectivity index (χ3n) is 5.15. The summed E-state index contributed by atoms with van der Waals surface area (Å²) in [5.74, 6) is 2.50. The van der Waals surface area contributed by atoms with Crippen molar-refractivity contribution in [2.24, 2.45) is 10.9 Å². The van der Waals surface area contributed by atoms with Gasteiger partial charge in [-0.05, 0) is 49.4 Å². The third-order valence-corrected chi connectivity index (χ3v) is 5.15. The van der Waals surface area contributed by atoms with Gasteiger partial charge in [0.1, 0.15) is 11.4 Å². The van der Waals surface area contributed by atoms with Crippen LogP contribution in [0, 0.1) is 12.8 Å². The topological polar surface area (TPSA) is 63.0 Å².